The Hall–Kier alpha value is -2.19. The van der Waals surface area contributed by atoms with Gasteiger partial charge in [0.05, 0.1) is 0 Å². The zero-order chi connectivity index (χ0) is 17.7. The number of hydrogen-bond donors (Lipinski definition) is 2. The SMILES string of the molecule is C#CCOc1ccc(CCNC(=NC)NCCN2CCCCC2)cc1. The zero-order valence-corrected chi connectivity index (χ0v) is 15.3. The van der Waals surface area contributed by atoms with Gasteiger partial charge >= 0.3 is 0 Å². The maximum Gasteiger partial charge on any atom is 0.191 e. The summed E-state index contributed by atoms with van der Waals surface area (Å²) in [6.45, 7) is 5.62. The van der Waals surface area contributed by atoms with Crippen LogP contribution >= 0.6 is 0 Å². The van der Waals surface area contributed by atoms with E-state index < -0.39 is 0 Å². The highest BCUT2D eigenvalue weighted by Crippen LogP contribution is 2.12. The first-order chi connectivity index (χ1) is 12.3. The van der Waals surface area contributed by atoms with Crippen LogP contribution in [0.4, 0.5) is 0 Å². The first kappa shape index (κ1) is 19.1. The van der Waals surface area contributed by atoms with Crippen LogP contribution < -0.4 is 15.4 Å². The second-order valence-corrected chi connectivity index (χ2v) is 6.21. The Bertz CT molecular complexity index is 556. The molecule has 0 aromatic heterocycles. The van der Waals surface area contributed by atoms with Crippen molar-refractivity contribution in [3.63, 3.8) is 0 Å². The smallest absolute Gasteiger partial charge is 0.191 e. The molecule has 5 nitrogen and oxygen atoms in total. The predicted molar refractivity (Wildman–Crippen MR) is 104 cm³/mol. The number of hydrogen-bond acceptors (Lipinski definition) is 3. The van der Waals surface area contributed by atoms with Crippen LogP contribution in [0.5, 0.6) is 5.75 Å². The van der Waals surface area contributed by atoms with Gasteiger partial charge in [0.15, 0.2) is 5.96 Å². The second-order valence-electron chi connectivity index (χ2n) is 6.21. The predicted octanol–water partition coefficient (Wildman–Crippen LogP) is 1.89. The Labute approximate surface area is 151 Å². The number of benzene rings is 1. The Balaban J connectivity index is 1.62. The van der Waals surface area contributed by atoms with Crippen LogP contribution in [0.2, 0.25) is 0 Å². The number of ether oxygens (including phenoxy) is 1. The highest BCUT2D eigenvalue weighted by molar-refractivity contribution is 5.79. The fourth-order valence-corrected chi connectivity index (χ4v) is 2.94. The lowest BCUT2D eigenvalue weighted by molar-refractivity contribution is 0.232. The number of piperidine rings is 1. The van der Waals surface area contributed by atoms with Crippen molar-refractivity contribution >= 4 is 5.96 Å². The van der Waals surface area contributed by atoms with Gasteiger partial charge in [-0.3, -0.25) is 4.99 Å². The molecular weight excluding hydrogens is 312 g/mol. The Kier molecular flexibility index (Phi) is 8.71. The number of guanidine groups is 1. The van der Waals surface area contributed by atoms with Gasteiger partial charge in [0, 0.05) is 26.7 Å². The van der Waals surface area contributed by atoms with Gasteiger partial charge in [-0.25, -0.2) is 0 Å². The summed E-state index contributed by atoms with van der Waals surface area (Å²) in [5.41, 5.74) is 1.25. The fourth-order valence-electron chi connectivity index (χ4n) is 2.94. The van der Waals surface area contributed by atoms with E-state index in [0.717, 1.165) is 37.8 Å². The number of likely N-dealkylation sites (tertiary alicyclic amines) is 1. The van der Waals surface area contributed by atoms with Gasteiger partial charge in [-0.05, 0) is 50.0 Å². The van der Waals surface area contributed by atoms with Crippen molar-refractivity contribution in [2.75, 3.05) is 46.4 Å². The van der Waals surface area contributed by atoms with Gasteiger partial charge in [0.1, 0.15) is 12.4 Å². The minimum absolute atomic E-state index is 0.306. The van der Waals surface area contributed by atoms with Crippen molar-refractivity contribution in [3.8, 4) is 18.1 Å². The topological polar surface area (TPSA) is 48.9 Å². The van der Waals surface area contributed by atoms with Crippen LogP contribution in [0.15, 0.2) is 29.3 Å². The van der Waals surface area contributed by atoms with E-state index in [9.17, 15) is 0 Å². The summed E-state index contributed by atoms with van der Waals surface area (Å²) in [7, 11) is 1.81. The van der Waals surface area contributed by atoms with Crippen molar-refractivity contribution in [1.29, 1.82) is 0 Å². The minimum atomic E-state index is 0.306. The standard InChI is InChI=1S/C20H30N4O/c1-3-17-25-19-9-7-18(8-10-19)11-12-22-20(21-2)23-13-16-24-14-5-4-6-15-24/h1,7-10H,4-6,11-17H2,2H3,(H2,21,22,23). The highest BCUT2D eigenvalue weighted by atomic mass is 16.5. The van der Waals surface area contributed by atoms with Crippen molar-refractivity contribution < 1.29 is 4.74 Å². The lowest BCUT2D eigenvalue weighted by atomic mass is 10.1. The number of aliphatic imine (C=N–C) groups is 1. The second kappa shape index (κ2) is 11.4. The van der Waals surface area contributed by atoms with Gasteiger partial charge in [0.25, 0.3) is 0 Å². The third kappa shape index (κ3) is 7.49. The molecule has 0 saturated carbocycles. The molecule has 1 heterocycles. The number of rotatable bonds is 8. The highest BCUT2D eigenvalue weighted by Gasteiger charge is 2.09. The Morgan fingerprint density at radius 1 is 1.16 bits per heavy atom. The van der Waals surface area contributed by atoms with Crippen molar-refractivity contribution in [2.24, 2.45) is 4.99 Å². The first-order valence-corrected chi connectivity index (χ1v) is 9.14. The Morgan fingerprint density at radius 3 is 2.56 bits per heavy atom. The normalized spacial score (nSPS) is 15.4. The van der Waals surface area contributed by atoms with E-state index in [-0.39, 0.29) is 0 Å². The molecule has 1 saturated heterocycles. The van der Waals surface area contributed by atoms with Crippen LogP contribution in [0.1, 0.15) is 24.8 Å². The van der Waals surface area contributed by atoms with Crippen LogP contribution in [-0.4, -0.2) is 57.2 Å². The average Bonchev–Trinajstić information content (AvgIpc) is 2.67. The quantitative estimate of drug-likeness (QED) is 0.430. The minimum Gasteiger partial charge on any atom is -0.481 e. The molecule has 0 amide bonds. The van der Waals surface area contributed by atoms with Gasteiger partial charge in [-0.1, -0.05) is 24.5 Å². The summed E-state index contributed by atoms with van der Waals surface area (Å²) in [5.74, 6) is 4.14. The summed E-state index contributed by atoms with van der Waals surface area (Å²) in [6, 6.07) is 8.05. The van der Waals surface area contributed by atoms with E-state index in [1.54, 1.807) is 0 Å². The van der Waals surface area contributed by atoms with Crippen molar-refractivity contribution in [3.05, 3.63) is 29.8 Å². The lowest BCUT2D eigenvalue weighted by Crippen LogP contribution is -2.43. The molecule has 1 aliphatic rings. The van der Waals surface area contributed by atoms with Gasteiger partial charge in [-0.15, -0.1) is 6.42 Å². The molecule has 2 rings (SSSR count). The molecule has 0 aliphatic carbocycles. The fraction of sp³-hybridized carbons (Fsp3) is 0.550. The third-order valence-corrected chi connectivity index (χ3v) is 4.34. The Morgan fingerprint density at radius 2 is 1.88 bits per heavy atom. The maximum atomic E-state index is 5.38. The van der Waals surface area contributed by atoms with Crippen LogP contribution in [0.3, 0.4) is 0 Å². The molecule has 0 unspecified atom stereocenters. The lowest BCUT2D eigenvalue weighted by Gasteiger charge is -2.26. The average molecular weight is 342 g/mol. The molecule has 0 atom stereocenters. The molecule has 5 heteroatoms. The molecule has 1 aromatic rings. The van der Waals surface area contributed by atoms with Crippen LogP contribution in [-0.2, 0) is 6.42 Å². The molecule has 1 aliphatic heterocycles. The molecule has 0 radical (unpaired) electrons. The maximum absolute atomic E-state index is 5.38. The summed E-state index contributed by atoms with van der Waals surface area (Å²) in [5, 5.41) is 6.76. The van der Waals surface area contributed by atoms with E-state index in [4.69, 9.17) is 11.2 Å². The molecule has 2 N–H and O–H groups in total. The van der Waals surface area contributed by atoms with Crippen molar-refractivity contribution in [2.45, 2.75) is 25.7 Å². The van der Waals surface area contributed by atoms with Crippen molar-refractivity contribution in [1.82, 2.24) is 15.5 Å². The first-order valence-electron chi connectivity index (χ1n) is 9.14. The van der Waals surface area contributed by atoms with Gasteiger partial charge in [-0.2, -0.15) is 0 Å². The van der Waals surface area contributed by atoms with Gasteiger partial charge < -0.3 is 20.3 Å². The molecular formula is C20H30N4O. The summed E-state index contributed by atoms with van der Waals surface area (Å²) >= 11 is 0. The monoisotopic (exact) mass is 342 g/mol. The molecule has 25 heavy (non-hydrogen) atoms. The molecule has 0 spiro atoms. The largest absolute Gasteiger partial charge is 0.481 e. The third-order valence-electron chi connectivity index (χ3n) is 4.34. The molecule has 1 fully saturated rings. The number of nitrogens with zero attached hydrogens (tertiary/aromatic N) is 2. The van der Waals surface area contributed by atoms with Crippen LogP contribution in [0, 0.1) is 12.3 Å². The molecule has 1 aromatic carbocycles. The zero-order valence-electron chi connectivity index (χ0n) is 15.3. The van der Waals surface area contributed by atoms with E-state index in [1.807, 2.05) is 19.2 Å². The van der Waals surface area contributed by atoms with E-state index in [2.05, 4.69) is 38.6 Å². The van der Waals surface area contributed by atoms with Crippen LogP contribution in [0.25, 0.3) is 0 Å². The molecule has 0 bridgehead atoms. The van der Waals surface area contributed by atoms with Gasteiger partial charge in [0.2, 0.25) is 0 Å². The summed E-state index contributed by atoms with van der Waals surface area (Å²) in [6.07, 6.45) is 10.2. The van der Waals surface area contributed by atoms with E-state index in [1.165, 1.54) is 37.9 Å². The van der Waals surface area contributed by atoms with E-state index in [0.29, 0.717) is 6.61 Å². The summed E-state index contributed by atoms with van der Waals surface area (Å²) in [4.78, 5) is 6.81. The molecule has 136 valence electrons. The number of terminal acetylenes is 1. The van der Waals surface area contributed by atoms with E-state index >= 15 is 0 Å². The summed E-state index contributed by atoms with van der Waals surface area (Å²) < 4.78 is 5.38. The number of nitrogens with one attached hydrogen (secondary N) is 2.